The van der Waals surface area contributed by atoms with Crippen LogP contribution >= 0.6 is 15.9 Å². The van der Waals surface area contributed by atoms with Crippen LogP contribution < -0.4 is 5.73 Å². The standard InChI is InChI=1S/C8H14BrN3O/c1-8(2,10)7(13)6-5(9)4-11-12(6)3/h4,7,13H,10H2,1-3H3. The molecule has 1 aromatic heterocycles. The van der Waals surface area contributed by atoms with E-state index < -0.39 is 11.6 Å². The minimum atomic E-state index is -0.727. The molecule has 0 aliphatic heterocycles. The summed E-state index contributed by atoms with van der Waals surface area (Å²) in [6.45, 7) is 3.55. The summed E-state index contributed by atoms with van der Waals surface area (Å²) in [5.74, 6) is 0. The monoisotopic (exact) mass is 247 g/mol. The van der Waals surface area contributed by atoms with Gasteiger partial charge in [-0.2, -0.15) is 5.10 Å². The summed E-state index contributed by atoms with van der Waals surface area (Å²) >= 11 is 3.31. The Kier molecular flexibility index (Phi) is 2.79. The molecule has 1 rings (SSSR count). The summed E-state index contributed by atoms with van der Waals surface area (Å²) in [5, 5.41) is 13.9. The predicted molar refractivity (Wildman–Crippen MR) is 54.1 cm³/mol. The molecule has 0 amide bonds. The molecule has 4 nitrogen and oxygen atoms in total. The number of nitrogens with two attached hydrogens (primary N) is 1. The normalized spacial score (nSPS) is 14.6. The highest BCUT2D eigenvalue weighted by atomic mass is 79.9. The molecule has 1 aromatic rings. The summed E-state index contributed by atoms with van der Waals surface area (Å²) in [7, 11) is 1.77. The van der Waals surface area contributed by atoms with E-state index in [-0.39, 0.29) is 0 Å². The fourth-order valence-electron chi connectivity index (χ4n) is 1.08. The van der Waals surface area contributed by atoms with Crippen LogP contribution in [0.1, 0.15) is 25.6 Å². The van der Waals surface area contributed by atoms with Crippen LogP contribution in [0.25, 0.3) is 0 Å². The third-order valence-corrected chi connectivity index (χ3v) is 2.51. The number of aliphatic hydroxyl groups excluding tert-OH is 1. The van der Waals surface area contributed by atoms with Crippen molar-refractivity contribution in [2.75, 3.05) is 0 Å². The van der Waals surface area contributed by atoms with Crippen molar-refractivity contribution in [1.82, 2.24) is 9.78 Å². The van der Waals surface area contributed by atoms with E-state index in [4.69, 9.17) is 5.73 Å². The van der Waals surface area contributed by atoms with Crippen LogP contribution in [0.4, 0.5) is 0 Å². The molecule has 13 heavy (non-hydrogen) atoms. The van der Waals surface area contributed by atoms with Crippen LogP contribution in [0.5, 0.6) is 0 Å². The molecule has 0 radical (unpaired) electrons. The van der Waals surface area contributed by atoms with Gasteiger partial charge in [-0.1, -0.05) is 0 Å². The molecule has 0 fully saturated rings. The van der Waals surface area contributed by atoms with Crippen molar-refractivity contribution in [3.63, 3.8) is 0 Å². The van der Waals surface area contributed by atoms with Crippen LogP contribution in [0, 0.1) is 0 Å². The maximum atomic E-state index is 9.89. The Labute approximate surface area is 85.9 Å². The van der Waals surface area contributed by atoms with Crippen LogP contribution in [-0.2, 0) is 7.05 Å². The van der Waals surface area contributed by atoms with Crippen LogP contribution in [0.3, 0.4) is 0 Å². The molecule has 1 heterocycles. The Hall–Kier alpha value is -0.390. The van der Waals surface area contributed by atoms with E-state index in [2.05, 4.69) is 21.0 Å². The van der Waals surface area contributed by atoms with E-state index in [0.717, 1.165) is 4.47 Å². The van der Waals surface area contributed by atoms with Gasteiger partial charge in [-0.25, -0.2) is 0 Å². The minimum Gasteiger partial charge on any atom is -0.385 e. The third-order valence-electron chi connectivity index (χ3n) is 1.90. The quantitative estimate of drug-likeness (QED) is 0.819. The van der Waals surface area contributed by atoms with E-state index in [1.807, 2.05) is 0 Å². The zero-order chi connectivity index (χ0) is 10.2. The van der Waals surface area contributed by atoms with Crippen molar-refractivity contribution in [2.45, 2.75) is 25.5 Å². The molecule has 0 aromatic carbocycles. The number of aromatic nitrogens is 2. The van der Waals surface area contributed by atoms with Crippen molar-refractivity contribution >= 4 is 15.9 Å². The number of aryl methyl sites for hydroxylation is 1. The first-order valence-corrected chi connectivity index (χ1v) is 4.77. The van der Waals surface area contributed by atoms with Crippen LogP contribution in [-0.4, -0.2) is 20.4 Å². The summed E-state index contributed by atoms with van der Waals surface area (Å²) < 4.78 is 2.39. The number of nitrogens with zero attached hydrogens (tertiary/aromatic N) is 2. The molecule has 74 valence electrons. The lowest BCUT2D eigenvalue weighted by molar-refractivity contribution is 0.0958. The number of halogens is 1. The van der Waals surface area contributed by atoms with E-state index in [1.165, 1.54) is 0 Å². The molecule has 0 bridgehead atoms. The molecule has 0 aliphatic rings. The van der Waals surface area contributed by atoms with Gasteiger partial charge < -0.3 is 10.8 Å². The summed E-state index contributed by atoms with van der Waals surface area (Å²) in [5.41, 5.74) is 5.83. The zero-order valence-electron chi connectivity index (χ0n) is 7.95. The lowest BCUT2D eigenvalue weighted by Gasteiger charge is -2.26. The lowest BCUT2D eigenvalue weighted by atomic mass is 9.96. The molecular weight excluding hydrogens is 234 g/mol. The van der Waals surface area contributed by atoms with E-state index in [0.29, 0.717) is 5.69 Å². The largest absolute Gasteiger partial charge is 0.385 e. The van der Waals surface area contributed by atoms with Crippen molar-refractivity contribution in [3.05, 3.63) is 16.4 Å². The average molecular weight is 248 g/mol. The van der Waals surface area contributed by atoms with Crippen molar-refractivity contribution in [2.24, 2.45) is 12.8 Å². The van der Waals surface area contributed by atoms with Gasteiger partial charge in [-0.05, 0) is 29.8 Å². The molecule has 3 N–H and O–H groups in total. The Morgan fingerprint density at radius 2 is 2.23 bits per heavy atom. The molecule has 0 saturated heterocycles. The zero-order valence-corrected chi connectivity index (χ0v) is 9.54. The minimum absolute atomic E-state index is 0.670. The van der Waals surface area contributed by atoms with E-state index in [1.54, 1.807) is 31.8 Å². The van der Waals surface area contributed by atoms with Gasteiger partial charge in [0.15, 0.2) is 0 Å². The molecule has 1 unspecified atom stereocenters. The Morgan fingerprint density at radius 1 is 1.69 bits per heavy atom. The number of hydrogen-bond acceptors (Lipinski definition) is 3. The first kappa shape index (κ1) is 10.7. The summed E-state index contributed by atoms with van der Waals surface area (Å²) in [6.07, 6.45) is 0.916. The highest BCUT2D eigenvalue weighted by Gasteiger charge is 2.28. The molecule has 0 aliphatic carbocycles. The second-order valence-electron chi connectivity index (χ2n) is 3.73. The average Bonchev–Trinajstić information content (AvgIpc) is 2.28. The van der Waals surface area contributed by atoms with Gasteiger partial charge in [0.1, 0.15) is 6.10 Å². The van der Waals surface area contributed by atoms with E-state index >= 15 is 0 Å². The van der Waals surface area contributed by atoms with Crippen LogP contribution in [0.2, 0.25) is 0 Å². The van der Waals surface area contributed by atoms with Gasteiger partial charge in [-0.15, -0.1) is 0 Å². The van der Waals surface area contributed by atoms with Gasteiger partial charge in [0.25, 0.3) is 0 Å². The first-order chi connectivity index (χ1) is 5.84. The van der Waals surface area contributed by atoms with Gasteiger partial charge in [0.2, 0.25) is 0 Å². The van der Waals surface area contributed by atoms with Crippen molar-refractivity contribution in [1.29, 1.82) is 0 Å². The second-order valence-corrected chi connectivity index (χ2v) is 4.58. The summed E-state index contributed by atoms with van der Waals surface area (Å²) in [4.78, 5) is 0. The number of aliphatic hydroxyl groups is 1. The first-order valence-electron chi connectivity index (χ1n) is 3.98. The Morgan fingerprint density at radius 3 is 2.54 bits per heavy atom. The Bertz CT molecular complexity index is 283. The highest BCUT2D eigenvalue weighted by molar-refractivity contribution is 9.10. The smallest absolute Gasteiger partial charge is 0.114 e. The molecular formula is C8H14BrN3O. The third kappa shape index (κ3) is 2.10. The Balaban J connectivity index is 3.08. The number of hydrogen-bond donors (Lipinski definition) is 2. The lowest BCUT2D eigenvalue weighted by Crippen LogP contribution is -2.40. The molecule has 5 heteroatoms. The summed E-state index contributed by atoms with van der Waals surface area (Å²) in [6, 6.07) is 0. The molecule has 0 saturated carbocycles. The van der Waals surface area contributed by atoms with E-state index in [9.17, 15) is 5.11 Å². The van der Waals surface area contributed by atoms with Gasteiger partial charge in [0.05, 0.1) is 16.4 Å². The highest BCUT2D eigenvalue weighted by Crippen LogP contribution is 2.28. The molecule has 0 spiro atoms. The van der Waals surface area contributed by atoms with Gasteiger partial charge in [0, 0.05) is 12.6 Å². The predicted octanol–water partition coefficient (Wildman–Crippen LogP) is 0.953. The second kappa shape index (κ2) is 3.40. The fourth-order valence-corrected chi connectivity index (χ4v) is 1.65. The maximum Gasteiger partial charge on any atom is 0.114 e. The van der Waals surface area contributed by atoms with Crippen molar-refractivity contribution < 1.29 is 5.11 Å². The van der Waals surface area contributed by atoms with Crippen molar-refractivity contribution in [3.8, 4) is 0 Å². The van der Waals surface area contributed by atoms with Gasteiger partial charge in [-0.3, -0.25) is 4.68 Å². The maximum absolute atomic E-state index is 9.89. The van der Waals surface area contributed by atoms with Gasteiger partial charge >= 0.3 is 0 Å². The SMILES string of the molecule is Cn1ncc(Br)c1C(O)C(C)(C)N. The van der Waals surface area contributed by atoms with Crippen LogP contribution in [0.15, 0.2) is 10.7 Å². The fraction of sp³-hybridized carbons (Fsp3) is 0.625. The number of rotatable bonds is 2. The topological polar surface area (TPSA) is 64.1 Å². The molecule has 1 atom stereocenters.